The number of furan rings is 1. The minimum absolute atomic E-state index is 0.0698. The van der Waals surface area contributed by atoms with Crippen molar-refractivity contribution < 1.29 is 9.21 Å². The fraction of sp³-hybridized carbons (Fsp3) is 0.643. The summed E-state index contributed by atoms with van der Waals surface area (Å²) in [5.74, 6) is 2.24. The van der Waals surface area contributed by atoms with Gasteiger partial charge in [-0.05, 0) is 51.3 Å². The number of hydrogen-bond donors (Lipinski definition) is 2. The maximum atomic E-state index is 11.8. The third-order valence-corrected chi connectivity index (χ3v) is 3.09. The average molecular weight is 252 g/mol. The molecular weight excluding hydrogens is 228 g/mol. The number of carbonyl (C=O) groups excluding carboxylic acids is 1. The zero-order valence-electron chi connectivity index (χ0n) is 11.5. The summed E-state index contributed by atoms with van der Waals surface area (Å²) in [5, 5.41) is 2.94. The lowest BCUT2D eigenvalue weighted by molar-refractivity contribution is -0.122. The lowest BCUT2D eigenvalue weighted by Crippen LogP contribution is -2.26. The number of nitrogens with two attached hydrogens (primary N) is 1. The van der Waals surface area contributed by atoms with Crippen LogP contribution in [0.5, 0.6) is 0 Å². The molecule has 2 unspecified atom stereocenters. The van der Waals surface area contributed by atoms with Crippen molar-refractivity contribution in [1.29, 1.82) is 0 Å². The van der Waals surface area contributed by atoms with E-state index in [1.54, 1.807) is 0 Å². The molecule has 0 aliphatic carbocycles. The molecule has 4 heteroatoms. The van der Waals surface area contributed by atoms with E-state index in [0.717, 1.165) is 24.4 Å². The van der Waals surface area contributed by atoms with E-state index in [4.69, 9.17) is 10.2 Å². The number of hydrogen-bond acceptors (Lipinski definition) is 3. The van der Waals surface area contributed by atoms with Crippen molar-refractivity contribution >= 4 is 5.91 Å². The Kier molecular flexibility index (Phi) is 5.92. The fourth-order valence-corrected chi connectivity index (χ4v) is 1.88. The van der Waals surface area contributed by atoms with Gasteiger partial charge in [0.25, 0.3) is 0 Å². The van der Waals surface area contributed by atoms with Gasteiger partial charge in [0.15, 0.2) is 0 Å². The average Bonchev–Trinajstić information content (AvgIpc) is 2.74. The van der Waals surface area contributed by atoms with Crippen LogP contribution in [0.3, 0.4) is 0 Å². The van der Waals surface area contributed by atoms with Crippen LogP contribution in [0.15, 0.2) is 16.5 Å². The first-order valence-electron chi connectivity index (χ1n) is 6.58. The highest BCUT2D eigenvalue weighted by atomic mass is 16.3. The Morgan fingerprint density at radius 1 is 1.39 bits per heavy atom. The van der Waals surface area contributed by atoms with Crippen molar-refractivity contribution in [3.8, 4) is 0 Å². The molecular formula is C14H24N2O2. The molecule has 1 aromatic rings. The number of rotatable bonds is 7. The van der Waals surface area contributed by atoms with E-state index in [1.807, 2.05) is 26.0 Å². The first-order valence-corrected chi connectivity index (χ1v) is 6.58. The lowest BCUT2D eigenvalue weighted by Gasteiger charge is -2.13. The maximum Gasteiger partial charge on any atom is 0.220 e. The Morgan fingerprint density at radius 2 is 2.11 bits per heavy atom. The molecule has 2 atom stereocenters. The zero-order valence-corrected chi connectivity index (χ0v) is 11.5. The number of aryl methyl sites for hydroxylation is 1. The standard InChI is InChI=1S/C14H24N2O2/c1-10(8-9-15)4-7-14(17)16-12(3)13-6-5-11(2)18-13/h5-6,10,12H,4,7-9,15H2,1-3H3,(H,16,17). The summed E-state index contributed by atoms with van der Waals surface area (Å²) in [5.41, 5.74) is 5.48. The van der Waals surface area contributed by atoms with E-state index in [9.17, 15) is 4.79 Å². The van der Waals surface area contributed by atoms with Crippen LogP contribution in [0, 0.1) is 12.8 Å². The van der Waals surface area contributed by atoms with Crippen LogP contribution in [0.25, 0.3) is 0 Å². The smallest absolute Gasteiger partial charge is 0.220 e. The van der Waals surface area contributed by atoms with Crippen LogP contribution < -0.4 is 11.1 Å². The van der Waals surface area contributed by atoms with E-state index >= 15 is 0 Å². The summed E-state index contributed by atoms with van der Waals surface area (Å²) in [6.07, 6.45) is 2.40. The largest absolute Gasteiger partial charge is 0.464 e. The van der Waals surface area contributed by atoms with E-state index < -0.39 is 0 Å². The minimum Gasteiger partial charge on any atom is -0.464 e. The highest BCUT2D eigenvalue weighted by molar-refractivity contribution is 5.76. The quantitative estimate of drug-likeness (QED) is 0.783. The Bertz CT molecular complexity index is 374. The highest BCUT2D eigenvalue weighted by Gasteiger charge is 2.13. The minimum atomic E-state index is -0.0731. The van der Waals surface area contributed by atoms with Crippen LogP contribution in [0.1, 0.15) is 50.7 Å². The molecule has 1 amide bonds. The normalized spacial score (nSPS) is 14.2. The predicted molar refractivity (Wildman–Crippen MR) is 72.1 cm³/mol. The molecule has 102 valence electrons. The monoisotopic (exact) mass is 252 g/mol. The van der Waals surface area contributed by atoms with Gasteiger partial charge in [-0.3, -0.25) is 4.79 Å². The van der Waals surface area contributed by atoms with E-state index in [1.165, 1.54) is 0 Å². The van der Waals surface area contributed by atoms with E-state index in [-0.39, 0.29) is 11.9 Å². The molecule has 4 nitrogen and oxygen atoms in total. The van der Waals surface area contributed by atoms with Gasteiger partial charge in [-0.1, -0.05) is 6.92 Å². The first kappa shape index (κ1) is 14.8. The Morgan fingerprint density at radius 3 is 2.67 bits per heavy atom. The maximum absolute atomic E-state index is 11.8. The van der Waals surface area contributed by atoms with Crippen molar-refractivity contribution in [1.82, 2.24) is 5.32 Å². The SMILES string of the molecule is Cc1ccc(C(C)NC(=O)CCC(C)CCN)o1. The molecule has 0 aliphatic heterocycles. The number of carbonyl (C=O) groups is 1. The summed E-state index contributed by atoms with van der Waals surface area (Å²) >= 11 is 0. The van der Waals surface area contributed by atoms with Crippen LogP contribution in [-0.2, 0) is 4.79 Å². The molecule has 3 N–H and O–H groups in total. The first-order chi connectivity index (χ1) is 8.52. The molecule has 0 fully saturated rings. The topological polar surface area (TPSA) is 68.3 Å². The Balaban J connectivity index is 2.31. The fourth-order valence-electron chi connectivity index (χ4n) is 1.88. The van der Waals surface area contributed by atoms with Crippen LogP contribution in [0.4, 0.5) is 0 Å². The lowest BCUT2D eigenvalue weighted by atomic mass is 10.0. The van der Waals surface area contributed by atoms with Gasteiger partial charge in [0.1, 0.15) is 11.5 Å². The summed E-state index contributed by atoms with van der Waals surface area (Å²) in [4.78, 5) is 11.8. The van der Waals surface area contributed by atoms with Crippen molar-refractivity contribution in [2.75, 3.05) is 6.54 Å². The zero-order chi connectivity index (χ0) is 13.5. The Hall–Kier alpha value is -1.29. The molecule has 0 aromatic carbocycles. The van der Waals surface area contributed by atoms with Gasteiger partial charge in [0, 0.05) is 6.42 Å². The third kappa shape index (κ3) is 4.92. The van der Waals surface area contributed by atoms with Crippen LogP contribution in [0.2, 0.25) is 0 Å². The van der Waals surface area contributed by atoms with Crippen molar-refractivity contribution in [2.24, 2.45) is 11.7 Å². The second-order valence-electron chi connectivity index (χ2n) is 4.96. The van der Waals surface area contributed by atoms with Gasteiger partial charge in [-0.25, -0.2) is 0 Å². The van der Waals surface area contributed by atoms with Crippen LogP contribution >= 0.6 is 0 Å². The molecule has 1 heterocycles. The highest BCUT2D eigenvalue weighted by Crippen LogP contribution is 2.16. The predicted octanol–water partition coefficient (Wildman–Crippen LogP) is 2.53. The second-order valence-corrected chi connectivity index (χ2v) is 4.96. The molecule has 1 aromatic heterocycles. The summed E-state index contributed by atoms with van der Waals surface area (Å²) in [6.45, 7) is 6.64. The van der Waals surface area contributed by atoms with Gasteiger partial charge in [0.05, 0.1) is 6.04 Å². The summed E-state index contributed by atoms with van der Waals surface area (Å²) < 4.78 is 5.48. The van der Waals surface area contributed by atoms with E-state index in [0.29, 0.717) is 18.9 Å². The third-order valence-electron chi connectivity index (χ3n) is 3.09. The Labute approximate surface area is 109 Å². The number of nitrogens with one attached hydrogen (secondary N) is 1. The van der Waals surface area contributed by atoms with Gasteiger partial charge < -0.3 is 15.5 Å². The molecule has 0 aliphatic rings. The van der Waals surface area contributed by atoms with Gasteiger partial charge in [-0.15, -0.1) is 0 Å². The van der Waals surface area contributed by atoms with Crippen molar-refractivity contribution in [3.63, 3.8) is 0 Å². The molecule has 0 radical (unpaired) electrons. The molecule has 0 spiro atoms. The van der Waals surface area contributed by atoms with E-state index in [2.05, 4.69) is 12.2 Å². The van der Waals surface area contributed by atoms with Crippen LogP contribution in [-0.4, -0.2) is 12.5 Å². The molecule has 1 rings (SSSR count). The molecule has 18 heavy (non-hydrogen) atoms. The van der Waals surface area contributed by atoms with Gasteiger partial charge in [-0.2, -0.15) is 0 Å². The molecule has 0 saturated carbocycles. The van der Waals surface area contributed by atoms with Gasteiger partial charge in [0.2, 0.25) is 5.91 Å². The molecule has 0 bridgehead atoms. The van der Waals surface area contributed by atoms with Crippen molar-refractivity contribution in [2.45, 2.75) is 46.1 Å². The van der Waals surface area contributed by atoms with Gasteiger partial charge >= 0.3 is 0 Å². The van der Waals surface area contributed by atoms with Crippen molar-refractivity contribution in [3.05, 3.63) is 23.7 Å². The molecule has 0 saturated heterocycles. The second kappa shape index (κ2) is 7.21. The number of amides is 1. The summed E-state index contributed by atoms with van der Waals surface area (Å²) in [7, 11) is 0. The summed E-state index contributed by atoms with van der Waals surface area (Å²) in [6, 6.07) is 3.73.